The number of hydrogen-bond acceptors (Lipinski definition) is 4. The fourth-order valence-electron chi connectivity index (χ4n) is 4.38. The molecule has 2 amide bonds. The van der Waals surface area contributed by atoms with Crippen LogP contribution in [0, 0.1) is 12.8 Å². The number of carbonyl (C=O) groups excluding carboxylic acids is 2. The minimum Gasteiger partial charge on any atom is -0.468 e. The van der Waals surface area contributed by atoms with Crippen molar-refractivity contribution in [2.45, 2.75) is 31.9 Å². The average molecular weight is 380 g/mol. The lowest BCUT2D eigenvalue weighted by molar-refractivity contribution is -0.176. The highest BCUT2D eigenvalue weighted by atomic mass is 16.5. The first-order valence-electron chi connectivity index (χ1n) is 9.51. The fraction of sp³-hybridized carbons (Fsp3) is 0.364. The van der Waals surface area contributed by atoms with E-state index in [0.717, 1.165) is 11.1 Å². The molecule has 2 bridgehead atoms. The number of rotatable bonds is 4. The van der Waals surface area contributed by atoms with Crippen LogP contribution in [0.2, 0.25) is 0 Å². The number of nitrogens with one attached hydrogen (secondary N) is 1. The van der Waals surface area contributed by atoms with Gasteiger partial charge in [-0.05, 0) is 37.1 Å². The molecule has 3 unspecified atom stereocenters. The van der Waals surface area contributed by atoms with E-state index in [1.807, 2.05) is 62.4 Å². The molecule has 28 heavy (non-hydrogen) atoms. The van der Waals surface area contributed by atoms with Crippen molar-refractivity contribution in [1.29, 1.82) is 0 Å². The van der Waals surface area contributed by atoms with Crippen LogP contribution < -0.4 is 10.1 Å². The Labute approximate surface area is 164 Å². The number of hydrogen-bond donors (Lipinski definition) is 2. The van der Waals surface area contributed by atoms with Crippen LogP contribution >= 0.6 is 0 Å². The molecule has 2 aliphatic rings. The molecular weight excluding hydrogens is 356 g/mol. The number of piperidine rings is 1. The van der Waals surface area contributed by atoms with Crippen LogP contribution in [0.4, 0.5) is 5.69 Å². The number of ether oxygens (including phenoxy) is 1. The highest BCUT2D eigenvalue weighted by Crippen LogP contribution is 2.50. The Morgan fingerprint density at radius 3 is 2.71 bits per heavy atom. The standard InChI is InChI=1S/C22H24N2O4/c1-14-7-3-5-9-17(14)23-20(26)19-16-13-22(2,24(11-12-25)21(19)27)28-18-10-6-4-8-15(16)18/h3-10,16,19,25H,11-13H2,1-2H3,(H,23,26). The third-order valence-electron chi connectivity index (χ3n) is 5.76. The zero-order valence-electron chi connectivity index (χ0n) is 16.0. The van der Waals surface area contributed by atoms with Crippen molar-refractivity contribution in [3.8, 4) is 5.75 Å². The summed E-state index contributed by atoms with van der Waals surface area (Å²) in [6.07, 6.45) is 0.502. The molecule has 2 aromatic carbocycles. The minimum absolute atomic E-state index is 0.123. The van der Waals surface area contributed by atoms with Gasteiger partial charge in [0.2, 0.25) is 11.8 Å². The molecule has 2 heterocycles. The van der Waals surface area contributed by atoms with Gasteiger partial charge in [0.15, 0.2) is 5.72 Å². The fourth-order valence-corrected chi connectivity index (χ4v) is 4.38. The Kier molecular flexibility index (Phi) is 4.59. The predicted octanol–water partition coefficient (Wildman–Crippen LogP) is 2.67. The Morgan fingerprint density at radius 2 is 1.96 bits per heavy atom. The van der Waals surface area contributed by atoms with Crippen molar-refractivity contribution in [3.63, 3.8) is 0 Å². The second-order valence-corrected chi connectivity index (χ2v) is 7.62. The molecule has 2 aliphatic heterocycles. The number of para-hydroxylation sites is 2. The molecule has 4 rings (SSSR count). The van der Waals surface area contributed by atoms with Crippen molar-refractivity contribution < 1.29 is 19.4 Å². The molecule has 0 aliphatic carbocycles. The lowest BCUT2D eigenvalue weighted by atomic mass is 9.73. The molecule has 0 aromatic heterocycles. The first-order chi connectivity index (χ1) is 13.4. The molecule has 6 heteroatoms. The van der Waals surface area contributed by atoms with E-state index < -0.39 is 11.6 Å². The highest BCUT2D eigenvalue weighted by molar-refractivity contribution is 6.08. The van der Waals surface area contributed by atoms with E-state index in [9.17, 15) is 14.7 Å². The van der Waals surface area contributed by atoms with E-state index in [-0.39, 0.29) is 30.9 Å². The summed E-state index contributed by atoms with van der Waals surface area (Å²) in [4.78, 5) is 28.1. The van der Waals surface area contributed by atoms with Crippen LogP contribution in [0.1, 0.15) is 30.4 Å². The number of nitrogens with zero attached hydrogens (tertiary/aromatic N) is 1. The number of likely N-dealkylation sites (tertiary alicyclic amines) is 1. The molecule has 2 aromatic rings. The Hall–Kier alpha value is -2.86. The smallest absolute Gasteiger partial charge is 0.238 e. The van der Waals surface area contributed by atoms with Crippen molar-refractivity contribution in [2.75, 3.05) is 18.5 Å². The van der Waals surface area contributed by atoms with Gasteiger partial charge in [0.1, 0.15) is 11.7 Å². The molecule has 1 fully saturated rings. The van der Waals surface area contributed by atoms with E-state index >= 15 is 0 Å². The van der Waals surface area contributed by atoms with Crippen LogP contribution in [-0.2, 0) is 9.59 Å². The summed E-state index contributed by atoms with van der Waals surface area (Å²) in [5.74, 6) is -1.10. The molecule has 3 atom stereocenters. The predicted molar refractivity (Wildman–Crippen MR) is 105 cm³/mol. The lowest BCUT2D eigenvalue weighted by Crippen LogP contribution is -2.64. The number of carbonyl (C=O) groups is 2. The van der Waals surface area contributed by atoms with Gasteiger partial charge in [-0.3, -0.25) is 9.59 Å². The molecule has 1 saturated heterocycles. The van der Waals surface area contributed by atoms with Crippen molar-refractivity contribution in [1.82, 2.24) is 4.90 Å². The Morgan fingerprint density at radius 1 is 1.25 bits per heavy atom. The van der Waals surface area contributed by atoms with Gasteiger partial charge in [-0.2, -0.15) is 0 Å². The zero-order valence-corrected chi connectivity index (χ0v) is 16.0. The normalized spacial score (nSPS) is 25.7. The molecule has 0 radical (unpaired) electrons. The summed E-state index contributed by atoms with van der Waals surface area (Å²) in [6, 6.07) is 15.1. The zero-order chi connectivity index (χ0) is 19.9. The van der Waals surface area contributed by atoms with Gasteiger partial charge in [0.05, 0.1) is 6.61 Å². The van der Waals surface area contributed by atoms with Crippen molar-refractivity contribution in [2.24, 2.45) is 5.92 Å². The van der Waals surface area contributed by atoms with E-state index in [0.29, 0.717) is 17.9 Å². The molecule has 0 spiro atoms. The number of benzene rings is 2. The molecule has 2 N–H and O–H groups in total. The van der Waals surface area contributed by atoms with Crippen molar-refractivity contribution >= 4 is 17.5 Å². The maximum atomic E-state index is 13.3. The van der Waals surface area contributed by atoms with Gasteiger partial charge >= 0.3 is 0 Å². The highest BCUT2D eigenvalue weighted by Gasteiger charge is 2.55. The molecular formula is C22H24N2O4. The second-order valence-electron chi connectivity index (χ2n) is 7.62. The van der Waals surface area contributed by atoms with Crippen LogP contribution in [0.3, 0.4) is 0 Å². The SMILES string of the molecule is Cc1ccccc1NC(=O)C1C(=O)N(CCO)C2(C)CC1c1ccccc1O2. The number of aliphatic hydroxyl groups excluding tert-OH is 1. The second kappa shape index (κ2) is 6.95. The van der Waals surface area contributed by atoms with Crippen LogP contribution in [0.5, 0.6) is 5.75 Å². The summed E-state index contributed by atoms with van der Waals surface area (Å²) in [5.41, 5.74) is 1.63. The average Bonchev–Trinajstić information content (AvgIpc) is 2.67. The number of β-amino-alcohol motifs (C(OH)–C–C–N with tert-alkyl or cyclic N) is 1. The van der Waals surface area contributed by atoms with E-state index in [2.05, 4.69) is 5.32 Å². The van der Waals surface area contributed by atoms with Gasteiger partial charge in [0.25, 0.3) is 0 Å². The Bertz CT molecular complexity index is 928. The molecule has 0 saturated carbocycles. The first kappa shape index (κ1) is 18.5. The number of aliphatic hydroxyl groups is 1. The third-order valence-corrected chi connectivity index (χ3v) is 5.76. The number of anilines is 1. The van der Waals surface area contributed by atoms with Crippen LogP contribution in [0.25, 0.3) is 0 Å². The minimum atomic E-state index is -0.877. The van der Waals surface area contributed by atoms with Crippen LogP contribution in [-0.4, -0.2) is 40.7 Å². The van der Waals surface area contributed by atoms with Crippen LogP contribution in [0.15, 0.2) is 48.5 Å². The topological polar surface area (TPSA) is 78.9 Å². The first-order valence-corrected chi connectivity index (χ1v) is 9.51. The van der Waals surface area contributed by atoms with E-state index in [4.69, 9.17) is 4.74 Å². The van der Waals surface area contributed by atoms with Gasteiger partial charge in [-0.1, -0.05) is 36.4 Å². The largest absolute Gasteiger partial charge is 0.468 e. The van der Waals surface area contributed by atoms with Gasteiger partial charge < -0.3 is 20.1 Å². The number of fused-ring (bicyclic) bond motifs is 4. The van der Waals surface area contributed by atoms with Gasteiger partial charge in [-0.25, -0.2) is 0 Å². The molecule has 6 nitrogen and oxygen atoms in total. The van der Waals surface area contributed by atoms with E-state index in [1.54, 1.807) is 0 Å². The quantitative estimate of drug-likeness (QED) is 0.800. The Balaban J connectivity index is 1.74. The summed E-state index contributed by atoms with van der Waals surface area (Å²) in [7, 11) is 0. The monoisotopic (exact) mass is 380 g/mol. The summed E-state index contributed by atoms with van der Waals surface area (Å²) in [6.45, 7) is 3.69. The molecule has 146 valence electrons. The maximum absolute atomic E-state index is 13.3. The van der Waals surface area contributed by atoms with Crippen molar-refractivity contribution in [3.05, 3.63) is 59.7 Å². The maximum Gasteiger partial charge on any atom is 0.238 e. The summed E-state index contributed by atoms with van der Waals surface area (Å²) >= 11 is 0. The van der Waals surface area contributed by atoms with Gasteiger partial charge in [-0.15, -0.1) is 0 Å². The van der Waals surface area contributed by atoms with E-state index in [1.165, 1.54) is 4.90 Å². The summed E-state index contributed by atoms with van der Waals surface area (Å²) in [5, 5.41) is 12.4. The third kappa shape index (κ3) is 2.94. The van der Waals surface area contributed by atoms with Gasteiger partial charge in [0, 0.05) is 24.6 Å². The number of amides is 2. The number of aryl methyl sites for hydroxylation is 1. The summed E-state index contributed by atoms with van der Waals surface area (Å²) < 4.78 is 6.15. The lowest BCUT2D eigenvalue weighted by Gasteiger charge is -2.52.